The molecule has 7 heteroatoms. The van der Waals surface area contributed by atoms with E-state index in [1.54, 1.807) is 12.1 Å². The van der Waals surface area contributed by atoms with Crippen LogP contribution < -0.4 is 4.74 Å². The normalized spacial score (nSPS) is 15.7. The summed E-state index contributed by atoms with van der Waals surface area (Å²) in [6.45, 7) is 0.0743. The van der Waals surface area contributed by atoms with E-state index in [9.17, 15) is 18.0 Å². The minimum Gasteiger partial charge on any atom is -0.481 e. The minimum atomic E-state index is -4.82. The summed E-state index contributed by atoms with van der Waals surface area (Å²) < 4.78 is 42.1. The van der Waals surface area contributed by atoms with E-state index in [1.165, 1.54) is 7.11 Å². The largest absolute Gasteiger partial charge is 0.481 e. The van der Waals surface area contributed by atoms with Crippen molar-refractivity contribution in [1.82, 2.24) is 9.88 Å². The van der Waals surface area contributed by atoms with Gasteiger partial charge in [0.25, 0.3) is 0 Å². The molecule has 0 saturated heterocycles. The number of carbonyl (C=O) groups excluding carboxylic acids is 1. The van der Waals surface area contributed by atoms with Crippen molar-refractivity contribution in [3.63, 3.8) is 0 Å². The van der Waals surface area contributed by atoms with Crippen LogP contribution in [0.15, 0.2) is 12.1 Å². The van der Waals surface area contributed by atoms with Gasteiger partial charge in [-0.05, 0) is 12.0 Å². The van der Waals surface area contributed by atoms with Crippen molar-refractivity contribution in [3.8, 4) is 5.88 Å². The first-order chi connectivity index (χ1) is 8.91. The first-order valence-electron chi connectivity index (χ1n) is 5.80. The van der Waals surface area contributed by atoms with Crippen LogP contribution in [0.4, 0.5) is 13.2 Å². The van der Waals surface area contributed by atoms with Crippen molar-refractivity contribution in [1.29, 1.82) is 0 Å². The third-order valence-corrected chi connectivity index (χ3v) is 3.05. The van der Waals surface area contributed by atoms with Crippen LogP contribution in [0.3, 0.4) is 0 Å². The molecule has 0 unspecified atom stereocenters. The van der Waals surface area contributed by atoms with E-state index >= 15 is 0 Å². The summed E-state index contributed by atoms with van der Waals surface area (Å²) >= 11 is 0. The number of alkyl halides is 3. The Bertz CT molecular complexity index is 488. The molecule has 2 heterocycles. The van der Waals surface area contributed by atoms with Gasteiger partial charge in [0.1, 0.15) is 0 Å². The van der Waals surface area contributed by atoms with Crippen LogP contribution in [-0.2, 0) is 17.6 Å². The number of halogens is 3. The maximum atomic E-state index is 12.4. The van der Waals surface area contributed by atoms with Crippen LogP contribution in [0, 0.1) is 0 Å². The van der Waals surface area contributed by atoms with E-state index in [0.29, 0.717) is 24.4 Å². The number of carbonyl (C=O) groups is 1. The van der Waals surface area contributed by atoms with Crippen LogP contribution in [0.5, 0.6) is 5.88 Å². The second-order valence-electron chi connectivity index (χ2n) is 4.25. The molecule has 0 aliphatic carbocycles. The SMILES string of the molecule is COc1ccc2c(n1)CCN(C(=O)C(F)(F)F)CC2. The topological polar surface area (TPSA) is 42.4 Å². The Morgan fingerprint density at radius 1 is 1.32 bits per heavy atom. The van der Waals surface area contributed by atoms with Gasteiger partial charge < -0.3 is 9.64 Å². The molecule has 1 aliphatic rings. The van der Waals surface area contributed by atoms with Gasteiger partial charge in [0.05, 0.1) is 7.11 Å². The third kappa shape index (κ3) is 2.97. The summed E-state index contributed by atoms with van der Waals surface area (Å²) in [5, 5.41) is 0. The Hall–Kier alpha value is -1.79. The number of hydrogen-bond donors (Lipinski definition) is 0. The minimum absolute atomic E-state index is 0.0194. The highest BCUT2D eigenvalue weighted by molar-refractivity contribution is 5.82. The molecule has 104 valence electrons. The lowest BCUT2D eigenvalue weighted by atomic mass is 10.1. The van der Waals surface area contributed by atoms with Crippen LogP contribution in [0.1, 0.15) is 11.3 Å². The second kappa shape index (κ2) is 5.07. The number of nitrogens with zero attached hydrogens (tertiary/aromatic N) is 2. The summed E-state index contributed by atoms with van der Waals surface area (Å²) in [6.07, 6.45) is -4.15. The lowest BCUT2D eigenvalue weighted by Gasteiger charge is -2.21. The molecule has 0 spiro atoms. The van der Waals surface area contributed by atoms with Gasteiger partial charge in [0, 0.05) is 31.3 Å². The highest BCUT2D eigenvalue weighted by Gasteiger charge is 2.42. The lowest BCUT2D eigenvalue weighted by Crippen LogP contribution is -2.42. The van der Waals surface area contributed by atoms with Gasteiger partial charge >= 0.3 is 12.1 Å². The van der Waals surface area contributed by atoms with E-state index in [2.05, 4.69) is 4.98 Å². The van der Waals surface area contributed by atoms with Gasteiger partial charge in [-0.25, -0.2) is 4.98 Å². The monoisotopic (exact) mass is 274 g/mol. The second-order valence-corrected chi connectivity index (χ2v) is 4.25. The molecule has 1 aromatic rings. The first kappa shape index (κ1) is 13.6. The van der Waals surface area contributed by atoms with E-state index in [1.807, 2.05) is 0 Å². The Labute approximate surface area is 108 Å². The maximum absolute atomic E-state index is 12.4. The number of hydrogen-bond acceptors (Lipinski definition) is 3. The van der Waals surface area contributed by atoms with Gasteiger partial charge in [-0.2, -0.15) is 13.2 Å². The summed E-state index contributed by atoms with van der Waals surface area (Å²) in [6, 6.07) is 3.45. The number of aromatic nitrogens is 1. The molecule has 1 aromatic heterocycles. The van der Waals surface area contributed by atoms with Crippen molar-refractivity contribution < 1.29 is 22.7 Å². The fraction of sp³-hybridized carbons (Fsp3) is 0.500. The molecule has 1 aliphatic heterocycles. The molecular weight excluding hydrogens is 261 g/mol. The molecule has 1 amide bonds. The maximum Gasteiger partial charge on any atom is 0.471 e. The Morgan fingerprint density at radius 2 is 2.00 bits per heavy atom. The van der Waals surface area contributed by atoms with Crippen LogP contribution in [-0.4, -0.2) is 42.2 Å². The van der Waals surface area contributed by atoms with Gasteiger partial charge in [0.15, 0.2) is 0 Å². The van der Waals surface area contributed by atoms with E-state index in [0.717, 1.165) is 10.5 Å². The number of fused-ring (bicyclic) bond motifs is 1. The van der Waals surface area contributed by atoms with Crippen molar-refractivity contribution >= 4 is 5.91 Å². The van der Waals surface area contributed by atoms with Gasteiger partial charge in [0.2, 0.25) is 5.88 Å². The Kier molecular flexibility index (Phi) is 3.64. The third-order valence-electron chi connectivity index (χ3n) is 3.05. The summed E-state index contributed by atoms with van der Waals surface area (Å²) in [5.74, 6) is -1.36. The van der Waals surface area contributed by atoms with Gasteiger partial charge in [-0.3, -0.25) is 4.79 Å². The van der Waals surface area contributed by atoms with Crippen LogP contribution in [0.25, 0.3) is 0 Å². The zero-order chi connectivity index (χ0) is 14.0. The fourth-order valence-electron chi connectivity index (χ4n) is 2.06. The van der Waals surface area contributed by atoms with E-state index in [-0.39, 0.29) is 13.1 Å². The fourth-order valence-corrected chi connectivity index (χ4v) is 2.06. The Morgan fingerprint density at radius 3 is 2.63 bits per heavy atom. The van der Waals surface area contributed by atoms with Crippen LogP contribution >= 0.6 is 0 Å². The molecule has 2 rings (SSSR count). The molecule has 19 heavy (non-hydrogen) atoms. The number of rotatable bonds is 1. The quantitative estimate of drug-likeness (QED) is 0.781. The van der Waals surface area contributed by atoms with E-state index in [4.69, 9.17) is 4.74 Å². The standard InChI is InChI=1S/C12H13F3N2O2/c1-19-10-3-2-8-4-6-17(7-5-9(8)16-10)11(18)12(13,14)15/h2-3H,4-7H2,1H3. The molecule has 0 aromatic carbocycles. The average Bonchev–Trinajstić information content (AvgIpc) is 2.58. The van der Waals surface area contributed by atoms with Crippen molar-refractivity contribution in [2.24, 2.45) is 0 Å². The van der Waals surface area contributed by atoms with Gasteiger partial charge in [-0.1, -0.05) is 6.07 Å². The molecular formula is C12H13F3N2O2. The molecule has 0 atom stereocenters. The summed E-state index contributed by atoms with van der Waals surface area (Å²) in [7, 11) is 1.48. The number of methoxy groups -OCH3 is 1. The average molecular weight is 274 g/mol. The van der Waals surface area contributed by atoms with Crippen molar-refractivity contribution in [2.75, 3.05) is 20.2 Å². The molecule has 0 saturated carbocycles. The van der Waals surface area contributed by atoms with E-state index < -0.39 is 12.1 Å². The van der Waals surface area contributed by atoms with Crippen molar-refractivity contribution in [3.05, 3.63) is 23.4 Å². The molecule has 4 nitrogen and oxygen atoms in total. The van der Waals surface area contributed by atoms with Crippen LogP contribution in [0.2, 0.25) is 0 Å². The zero-order valence-electron chi connectivity index (χ0n) is 10.3. The molecule has 0 N–H and O–H groups in total. The number of ether oxygens (including phenoxy) is 1. The predicted octanol–water partition coefficient (Wildman–Crippen LogP) is 1.58. The molecule has 0 radical (unpaired) electrons. The predicted molar refractivity (Wildman–Crippen MR) is 60.8 cm³/mol. The summed E-state index contributed by atoms with van der Waals surface area (Å²) in [4.78, 5) is 16.2. The molecule has 0 bridgehead atoms. The number of amides is 1. The van der Waals surface area contributed by atoms with Gasteiger partial charge in [-0.15, -0.1) is 0 Å². The first-order valence-corrected chi connectivity index (χ1v) is 5.80. The lowest BCUT2D eigenvalue weighted by molar-refractivity contribution is -0.185. The Balaban J connectivity index is 2.15. The van der Waals surface area contributed by atoms with Crippen molar-refractivity contribution in [2.45, 2.75) is 19.0 Å². The highest BCUT2D eigenvalue weighted by Crippen LogP contribution is 2.22. The summed E-state index contributed by atoms with van der Waals surface area (Å²) in [5.41, 5.74) is 1.55. The number of pyridine rings is 1. The zero-order valence-corrected chi connectivity index (χ0v) is 10.3. The molecule has 0 fully saturated rings. The highest BCUT2D eigenvalue weighted by atomic mass is 19.4. The smallest absolute Gasteiger partial charge is 0.471 e.